The number of hydrogen-bond donors (Lipinski definition) is 1. The first kappa shape index (κ1) is 13.1. The number of nitrogens with one attached hydrogen (secondary N) is 1. The van der Waals surface area contributed by atoms with Crippen molar-refractivity contribution >= 4 is 0 Å². The molecule has 1 saturated carbocycles. The van der Waals surface area contributed by atoms with Crippen molar-refractivity contribution < 1.29 is 0 Å². The highest BCUT2D eigenvalue weighted by molar-refractivity contribution is 4.97. The number of hydrogen-bond acceptors (Lipinski definition) is 1. The van der Waals surface area contributed by atoms with Crippen LogP contribution in [-0.4, -0.2) is 12.1 Å². The smallest absolute Gasteiger partial charge is 0.0107 e. The van der Waals surface area contributed by atoms with Gasteiger partial charge in [0.1, 0.15) is 0 Å². The van der Waals surface area contributed by atoms with Gasteiger partial charge in [0.2, 0.25) is 0 Å². The Balaban J connectivity index is 1.93. The molecular formula is C16H29N. The second kappa shape index (κ2) is 4.76. The molecule has 0 spiro atoms. The van der Waals surface area contributed by atoms with E-state index in [4.69, 9.17) is 0 Å². The summed E-state index contributed by atoms with van der Waals surface area (Å²) >= 11 is 0. The molecule has 1 atom stereocenters. The highest BCUT2D eigenvalue weighted by Gasteiger charge is 2.38. The van der Waals surface area contributed by atoms with Crippen LogP contribution in [0.25, 0.3) is 0 Å². The molecule has 0 amide bonds. The summed E-state index contributed by atoms with van der Waals surface area (Å²) < 4.78 is 0. The van der Waals surface area contributed by atoms with Crippen LogP contribution in [0.1, 0.15) is 66.2 Å². The number of rotatable bonds is 2. The van der Waals surface area contributed by atoms with E-state index in [1.165, 1.54) is 38.5 Å². The van der Waals surface area contributed by atoms with Gasteiger partial charge in [-0.2, -0.15) is 0 Å². The maximum Gasteiger partial charge on any atom is 0.0107 e. The summed E-state index contributed by atoms with van der Waals surface area (Å²) in [6.45, 7) is 9.74. The van der Waals surface area contributed by atoms with Crippen molar-refractivity contribution in [3.05, 3.63) is 12.2 Å². The zero-order valence-electron chi connectivity index (χ0n) is 12.1. The molecule has 1 nitrogen and oxygen atoms in total. The molecule has 0 heterocycles. The third kappa shape index (κ3) is 3.84. The normalized spacial score (nSPS) is 32.6. The van der Waals surface area contributed by atoms with Gasteiger partial charge in [0.15, 0.2) is 0 Å². The van der Waals surface area contributed by atoms with Crippen LogP contribution in [0.2, 0.25) is 0 Å². The lowest BCUT2D eigenvalue weighted by Crippen LogP contribution is -2.47. The molecule has 0 aromatic rings. The molecule has 0 radical (unpaired) electrons. The van der Waals surface area contributed by atoms with Crippen LogP contribution >= 0.6 is 0 Å². The largest absolute Gasteiger partial charge is 0.311 e. The molecule has 1 heteroatoms. The van der Waals surface area contributed by atoms with E-state index in [0.717, 1.165) is 12.1 Å². The summed E-state index contributed by atoms with van der Waals surface area (Å²) in [6.07, 6.45) is 12.5. The van der Waals surface area contributed by atoms with E-state index in [9.17, 15) is 0 Å². The van der Waals surface area contributed by atoms with Crippen molar-refractivity contribution in [3.63, 3.8) is 0 Å². The van der Waals surface area contributed by atoms with Crippen molar-refractivity contribution in [3.8, 4) is 0 Å². The predicted octanol–water partition coefficient (Wildman–Crippen LogP) is 4.29. The summed E-state index contributed by atoms with van der Waals surface area (Å²) in [4.78, 5) is 0. The van der Waals surface area contributed by atoms with Gasteiger partial charge in [0, 0.05) is 12.1 Å². The van der Waals surface area contributed by atoms with Gasteiger partial charge in [-0.15, -0.1) is 0 Å². The summed E-state index contributed by atoms with van der Waals surface area (Å²) in [5.74, 6) is 0. The van der Waals surface area contributed by atoms with Crippen molar-refractivity contribution in [2.24, 2.45) is 10.8 Å². The Morgan fingerprint density at radius 3 is 2.12 bits per heavy atom. The average Bonchev–Trinajstić information content (AvgIpc) is 2.13. The Labute approximate surface area is 107 Å². The van der Waals surface area contributed by atoms with Gasteiger partial charge in [-0.05, 0) is 49.4 Å². The molecule has 98 valence electrons. The van der Waals surface area contributed by atoms with Crippen molar-refractivity contribution in [1.29, 1.82) is 0 Å². The molecule has 0 aromatic heterocycles. The molecule has 1 N–H and O–H groups in total. The van der Waals surface area contributed by atoms with Crippen molar-refractivity contribution in [2.45, 2.75) is 78.3 Å². The highest BCUT2D eigenvalue weighted by atomic mass is 15.0. The molecule has 2 rings (SSSR count). The SMILES string of the molecule is CC1(C)CC(NC2CC=CCC2)CC(C)(C)C1. The van der Waals surface area contributed by atoms with Crippen LogP contribution in [0, 0.1) is 10.8 Å². The van der Waals surface area contributed by atoms with Gasteiger partial charge in [0.05, 0.1) is 0 Å². The minimum atomic E-state index is 0.504. The van der Waals surface area contributed by atoms with E-state index in [-0.39, 0.29) is 0 Å². The molecular weight excluding hydrogens is 206 g/mol. The topological polar surface area (TPSA) is 12.0 Å². The molecule has 17 heavy (non-hydrogen) atoms. The molecule has 0 aromatic carbocycles. The highest BCUT2D eigenvalue weighted by Crippen LogP contribution is 2.45. The third-order valence-electron chi connectivity index (χ3n) is 4.30. The maximum atomic E-state index is 3.92. The minimum Gasteiger partial charge on any atom is -0.311 e. The summed E-state index contributed by atoms with van der Waals surface area (Å²) in [7, 11) is 0. The van der Waals surface area contributed by atoms with E-state index in [1.807, 2.05) is 0 Å². The molecule has 0 saturated heterocycles. The van der Waals surface area contributed by atoms with E-state index in [1.54, 1.807) is 0 Å². The summed E-state index contributed by atoms with van der Waals surface area (Å²) in [5.41, 5.74) is 1.01. The van der Waals surface area contributed by atoms with E-state index >= 15 is 0 Å². The van der Waals surface area contributed by atoms with E-state index < -0.39 is 0 Å². The van der Waals surface area contributed by atoms with Crippen molar-refractivity contribution in [1.82, 2.24) is 5.32 Å². The molecule has 1 fully saturated rings. The van der Waals surface area contributed by atoms with E-state index in [2.05, 4.69) is 45.2 Å². The van der Waals surface area contributed by atoms with Crippen LogP contribution < -0.4 is 5.32 Å². The zero-order valence-corrected chi connectivity index (χ0v) is 12.1. The lowest BCUT2D eigenvalue weighted by molar-refractivity contribution is 0.0796. The van der Waals surface area contributed by atoms with Crippen LogP contribution in [-0.2, 0) is 0 Å². The van der Waals surface area contributed by atoms with Crippen LogP contribution in [0.4, 0.5) is 0 Å². The number of allylic oxidation sites excluding steroid dienone is 1. The molecule has 0 bridgehead atoms. The molecule has 1 unspecified atom stereocenters. The Bertz CT molecular complexity index is 272. The van der Waals surface area contributed by atoms with E-state index in [0.29, 0.717) is 10.8 Å². The lowest BCUT2D eigenvalue weighted by Gasteiger charge is -2.46. The first-order valence-corrected chi connectivity index (χ1v) is 7.27. The Kier molecular flexibility index (Phi) is 3.68. The quantitative estimate of drug-likeness (QED) is 0.704. The van der Waals surface area contributed by atoms with Gasteiger partial charge in [-0.25, -0.2) is 0 Å². The van der Waals surface area contributed by atoms with Crippen molar-refractivity contribution in [2.75, 3.05) is 0 Å². The second-order valence-electron chi connectivity index (χ2n) is 7.76. The Morgan fingerprint density at radius 2 is 1.59 bits per heavy atom. The monoisotopic (exact) mass is 235 g/mol. The fourth-order valence-electron chi connectivity index (χ4n) is 4.24. The lowest BCUT2D eigenvalue weighted by atomic mass is 9.63. The molecule has 2 aliphatic rings. The van der Waals surface area contributed by atoms with Gasteiger partial charge in [-0.1, -0.05) is 39.8 Å². The van der Waals surface area contributed by atoms with Gasteiger partial charge >= 0.3 is 0 Å². The third-order valence-corrected chi connectivity index (χ3v) is 4.30. The second-order valence-corrected chi connectivity index (χ2v) is 7.76. The maximum absolute atomic E-state index is 3.92. The fraction of sp³-hybridized carbons (Fsp3) is 0.875. The van der Waals surface area contributed by atoms with Gasteiger partial charge < -0.3 is 5.32 Å². The molecule has 0 aliphatic heterocycles. The van der Waals surface area contributed by atoms with Crippen LogP contribution in [0.3, 0.4) is 0 Å². The summed E-state index contributed by atoms with van der Waals surface area (Å²) in [6, 6.07) is 1.46. The Morgan fingerprint density at radius 1 is 0.941 bits per heavy atom. The standard InChI is InChI=1S/C16H29N/c1-15(2)10-14(11-16(3,4)12-15)17-13-8-6-5-7-9-13/h5-6,13-14,17H,7-12H2,1-4H3. The van der Waals surface area contributed by atoms with Gasteiger partial charge in [-0.3, -0.25) is 0 Å². The first-order valence-electron chi connectivity index (χ1n) is 7.27. The van der Waals surface area contributed by atoms with Crippen LogP contribution in [0.15, 0.2) is 12.2 Å². The summed E-state index contributed by atoms with van der Waals surface area (Å²) in [5, 5.41) is 3.92. The predicted molar refractivity (Wildman–Crippen MR) is 75.1 cm³/mol. The zero-order chi connectivity index (χ0) is 12.5. The van der Waals surface area contributed by atoms with Crippen LogP contribution in [0.5, 0.6) is 0 Å². The average molecular weight is 235 g/mol. The minimum absolute atomic E-state index is 0.504. The van der Waals surface area contributed by atoms with Gasteiger partial charge in [0.25, 0.3) is 0 Å². The first-order chi connectivity index (χ1) is 7.86. The Hall–Kier alpha value is -0.300. The molecule has 2 aliphatic carbocycles. The fourth-order valence-corrected chi connectivity index (χ4v) is 4.24.